The molecule has 0 bridgehead atoms. The van der Waals surface area contributed by atoms with Crippen LogP contribution in [0.15, 0.2) is 12.3 Å². The first-order chi connectivity index (χ1) is 7.15. The lowest BCUT2D eigenvalue weighted by Gasteiger charge is -2.21. The summed E-state index contributed by atoms with van der Waals surface area (Å²) < 4.78 is 0. The van der Waals surface area contributed by atoms with Crippen LogP contribution in [0.25, 0.3) is 0 Å². The highest BCUT2D eigenvalue weighted by atomic mass is 15.3. The number of hydrogen-bond donors (Lipinski definition) is 1. The first-order valence-electron chi connectivity index (χ1n) is 5.01. The minimum Gasteiger partial charge on any atom is -0.357 e. The monoisotopic (exact) mass is 209 g/mol. The van der Waals surface area contributed by atoms with Crippen molar-refractivity contribution < 1.29 is 0 Å². The molecule has 0 amide bonds. The molecule has 0 spiro atoms. The van der Waals surface area contributed by atoms with E-state index < -0.39 is 0 Å². The quantitative estimate of drug-likeness (QED) is 0.736. The Balaban J connectivity index is 2.68. The van der Waals surface area contributed by atoms with Gasteiger partial charge in [0.05, 0.1) is 6.20 Å². The number of anilines is 1. The molecular formula is C10H19N5. The van der Waals surface area contributed by atoms with Gasteiger partial charge in [-0.15, -0.1) is 5.10 Å². The average Bonchev–Trinajstić information content (AvgIpc) is 2.25. The van der Waals surface area contributed by atoms with Crippen LogP contribution in [0.5, 0.6) is 0 Å². The van der Waals surface area contributed by atoms with Gasteiger partial charge >= 0.3 is 0 Å². The average molecular weight is 209 g/mol. The molecule has 1 heterocycles. The Labute approximate surface area is 90.9 Å². The van der Waals surface area contributed by atoms with Gasteiger partial charge in [0.25, 0.3) is 0 Å². The van der Waals surface area contributed by atoms with Crippen molar-refractivity contribution in [1.82, 2.24) is 15.1 Å². The zero-order chi connectivity index (χ0) is 11.3. The van der Waals surface area contributed by atoms with E-state index in [-0.39, 0.29) is 0 Å². The third-order valence-electron chi connectivity index (χ3n) is 2.25. The molecule has 0 fully saturated rings. The maximum atomic E-state index is 5.64. The van der Waals surface area contributed by atoms with Crippen LogP contribution in [0.2, 0.25) is 0 Å². The van der Waals surface area contributed by atoms with Crippen LogP contribution < -0.4 is 10.6 Å². The number of nitrogens with zero attached hydrogens (tertiary/aromatic N) is 4. The van der Waals surface area contributed by atoms with Gasteiger partial charge in [-0.3, -0.25) is 0 Å². The van der Waals surface area contributed by atoms with Gasteiger partial charge in [0, 0.05) is 32.2 Å². The lowest BCUT2D eigenvalue weighted by Crippen LogP contribution is -2.30. The largest absolute Gasteiger partial charge is 0.357 e. The van der Waals surface area contributed by atoms with Crippen LogP contribution in [-0.2, 0) is 6.54 Å². The molecule has 0 atom stereocenters. The van der Waals surface area contributed by atoms with E-state index in [0.29, 0.717) is 6.54 Å². The predicted molar refractivity (Wildman–Crippen MR) is 61.7 cm³/mol. The van der Waals surface area contributed by atoms with Gasteiger partial charge in [-0.25, -0.2) is 0 Å². The van der Waals surface area contributed by atoms with Crippen LogP contribution in [-0.4, -0.2) is 49.3 Å². The molecule has 0 unspecified atom stereocenters. The molecule has 1 rings (SSSR count). The van der Waals surface area contributed by atoms with Crippen LogP contribution in [0.3, 0.4) is 0 Å². The van der Waals surface area contributed by atoms with E-state index in [9.17, 15) is 0 Å². The van der Waals surface area contributed by atoms with Crippen molar-refractivity contribution in [3.63, 3.8) is 0 Å². The summed E-state index contributed by atoms with van der Waals surface area (Å²) in [5, 5.41) is 7.99. The van der Waals surface area contributed by atoms with E-state index in [1.54, 1.807) is 6.20 Å². The number of hydrogen-bond acceptors (Lipinski definition) is 5. The third-order valence-corrected chi connectivity index (χ3v) is 2.25. The molecule has 0 saturated heterocycles. The standard InChI is InChI=1S/C10H19N5/c1-14(2)6-7-15(3)10-9(8-11)4-5-12-13-10/h4-5H,6-8,11H2,1-3H3. The summed E-state index contributed by atoms with van der Waals surface area (Å²) in [6.45, 7) is 2.40. The fourth-order valence-electron chi connectivity index (χ4n) is 1.29. The fourth-order valence-corrected chi connectivity index (χ4v) is 1.29. The molecule has 5 heteroatoms. The molecule has 0 aliphatic carbocycles. The van der Waals surface area contributed by atoms with E-state index in [2.05, 4.69) is 20.0 Å². The summed E-state index contributed by atoms with van der Waals surface area (Å²) in [4.78, 5) is 4.21. The van der Waals surface area contributed by atoms with Gasteiger partial charge in [-0.05, 0) is 20.2 Å². The van der Waals surface area contributed by atoms with E-state index >= 15 is 0 Å². The van der Waals surface area contributed by atoms with Crippen molar-refractivity contribution in [2.75, 3.05) is 39.1 Å². The fraction of sp³-hybridized carbons (Fsp3) is 0.600. The topological polar surface area (TPSA) is 58.3 Å². The summed E-state index contributed by atoms with van der Waals surface area (Å²) in [7, 11) is 6.11. The van der Waals surface area contributed by atoms with E-state index in [1.165, 1.54) is 0 Å². The van der Waals surface area contributed by atoms with Crippen LogP contribution in [0.1, 0.15) is 5.56 Å². The lowest BCUT2D eigenvalue weighted by atomic mass is 10.2. The number of aromatic nitrogens is 2. The zero-order valence-corrected chi connectivity index (χ0v) is 9.64. The van der Waals surface area contributed by atoms with E-state index in [4.69, 9.17) is 5.73 Å². The van der Waals surface area contributed by atoms with Crippen molar-refractivity contribution in [2.24, 2.45) is 5.73 Å². The number of rotatable bonds is 5. The van der Waals surface area contributed by atoms with E-state index in [1.807, 2.05) is 27.2 Å². The first-order valence-corrected chi connectivity index (χ1v) is 5.01. The number of nitrogens with two attached hydrogens (primary N) is 1. The van der Waals surface area contributed by atoms with Crippen molar-refractivity contribution in [2.45, 2.75) is 6.54 Å². The molecule has 0 saturated carbocycles. The lowest BCUT2D eigenvalue weighted by molar-refractivity contribution is 0.416. The van der Waals surface area contributed by atoms with Crippen LogP contribution in [0, 0.1) is 0 Å². The predicted octanol–water partition coefficient (Wildman–Crippen LogP) is -0.0669. The summed E-state index contributed by atoms with van der Waals surface area (Å²) in [5.41, 5.74) is 6.67. The van der Waals surface area contributed by atoms with Gasteiger partial charge in [-0.1, -0.05) is 0 Å². The third kappa shape index (κ3) is 3.45. The van der Waals surface area contributed by atoms with Crippen molar-refractivity contribution in [3.05, 3.63) is 17.8 Å². The van der Waals surface area contributed by atoms with Crippen molar-refractivity contribution in [1.29, 1.82) is 0 Å². The van der Waals surface area contributed by atoms with E-state index in [0.717, 1.165) is 24.5 Å². The zero-order valence-electron chi connectivity index (χ0n) is 9.64. The Morgan fingerprint density at radius 3 is 2.60 bits per heavy atom. The maximum absolute atomic E-state index is 5.64. The maximum Gasteiger partial charge on any atom is 0.155 e. The van der Waals surface area contributed by atoms with Gasteiger partial charge in [0.2, 0.25) is 0 Å². The Morgan fingerprint density at radius 2 is 2.00 bits per heavy atom. The molecule has 15 heavy (non-hydrogen) atoms. The Bertz CT molecular complexity index is 300. The SMILES string of the molecule is CN(C)CCN(C)c1nnccc1CN. The highest BCUT2D eigenvalue weighted by molar-refractivity contribution is 5.44. The summed E-state index contributed by atoms with van der Waals surface area (Å²) >= 11 is 0. The minimum atomic E-state index is 0.497. The van der Waals surface area contributed by atoms with Crippen molar-refractivity contribution >= 4 is 5.82 Å². The molecule has 0 aromatic carbocycles. The van der Waals surface area contributed by atoms with Crippen LogP contribution >= 0.6 is 0 Å². The molecule has 0 aliphatic heterocycles. The molecular weight excluding hydrogens is 190 g/mol. The minimum absolute atomic E-state index is 0.497. The van der Waals surface area contributed by atoms with Gasteiger partial charge in [0.15, 0.2) is 5.82 Å². The summed E-state index contributed by atoms with van der Waals surface area (Å²) in [5.74, 6) is 0.877. The van der Waals surface area contributed by atoms with Gasteiger partial charge in [0.1, 0.15) is 0 Å². The molecule has 1 aromatic heterocycles. The number of likely N-dealkylation sites (N-methyl/N-ethyl adjacent to an activating group) is 2. The second-order valence-corrected chi connectivity index (χ2v) is 3.81. The highest BCUT2D eigenvalue weighted by Crippen LogP contribution is 2.13. The van der Waals surface area contributed by atoms with Gasteiger partial charge in [-0.2, -0.15) is 5.10 Å². The van der Waals surface area contributed by atoms with Gasteiger partial charge < -0.3 is 15.5 Å². The second kappa shape index (κ2) is 5.63. The summed E-state index contributed by atoms with van der Waals surface area (Å²) in [6, 6.07) is 1.91. The molecule has 2 N–H and O–H groups in total. The molecule has 84 valence electrons. The highest BCUT2D eigenvalue weighted by Gasteiger charge is 2.07. The molecule has 0 aliphatic rings. The summed E-state index contributed by atoms with van der Waals surface area (Å²) in [6.07, 6.45) is 1.67. The van der Waals surface area contributed by atoms with Crippen molar-refractivity contribution in [3.8, 4) is 0 Å². The molecule has 0 radical (unpaired) electrons. The first kappa shape index (κ1) is 11.9. The smallest absolute Gasteiger partial charge is 0.155 e. The molecule has 5 nitrogen and oxygen atoms in total. The Morgan fingerprint density at radius 1 is 1.27 bits per heavy atom. The Hall–Kier alpha value is -1.20. The molecule has 1 aromatic rings. The normalized spacial score (nSPS) is 10.7. The van der Waals surface area contributed by atoms with Crippen LogP contribution in [0.4, 0.5) is 5.82 Å². The Kier molecular flexibility index (Phi) is 4.45. The second-order valence-electron chi connectivity index (χ2n) is 3.81.